The second-order valence-corrected chi connectivity index (χ2v) is 5.00. The van der Waals surface area contributed by atoms with Crippen molar-refractivity contribution < 1.29 is 9.63 Å². The average molecular weight is 266 g/mol. The topological polar surface area (TPSA) is 50.7 Å². The number of nitrogens with zero attached hydrogens (tertiary/aromatic N) is 1. The molecule has 1 aliphatic rings. The minimum atomic E-state index is -0.313. The first-order valence-electron chi connectivity index (χ1n) is 7.44. The van der Waals surface area contributed by atoms with Crippen LogP contribution in [-0.2, 0) is 9.63 Å². The van der Waals surface area contributed by atoms with Gasteiger partial charge in [-0.15, -0.1) is 0 Å². The van der Waals surface area contributed by atoms with Gasteiger partial charge in [0, 0.05) is 12.2 Å². The third-order valence-corrected chi connectivity index (χ3v) is 3.28. The fourth-order valence-corrected chi connectivity index (χ4v) is 2.16. The van der Waals surface area contributed by atoms with Crippen LogP contribution in [0.2, 0.25) is 0 Å². The lowest BCUT2D eigenvalue weighted by Gasteiger charge is -2.13. The van der Waals surface area contributed by atoms with E-state index in [9.17, 15) is 4.79 Å². The van der Waals surface area contributed by atoms with Crippen molar-refractivity contribution in [2.75, 3.05) is 6.54 Å². The predicted molar refractivity (Wildman–Crippen MR) is 77.9 cm³/mol. The van der Waals surface area contributed by atoms with Gasteiger partial charge in [-0.25, -0.2) is 4.79 Å². The average Bonchev–Trinajstić information content (AvgIpc) is 2.73. The Kier molecular flexibility index (Phi) is 7.23. The van der Waals surface area contributed by atoms with E-state index >= 15 is 0 Å². The molecule has 0 unspecified atom stereocenters. The minimum Gasteiger partial charge on any atom is -0.388 e. The van der Waals surface area contributed by atoms with E-state index in [2.05, 4.69) is 24.3 Å². The Morgan fingerprint density at radius 3 is 2.42 bits per heavy atom. The lowest BCUT2D eigenvalue weighted by molar-refractivity contribution is -0.136. The zero-order chi connectivity index (χ0) is 14.1. The molecule has 0 radical (unpaired) electrons. The highest BCUT2D eigenvalue weighted by molar-refractivity contribution is 6.21. The lowest BCUT2D eigenvalue weighted by atomic mass is 10.0. The van der Waals surface area contributed by atoms with E-state index in [0.29, 0.717) is 11.3 Å². The highest BCUT2D eigenvalue weighted by Crippen LogP contribution is 2.18. The zero-order valence-electron chi connectivity index (χ0n) is 12.4. The van der Waals surface area contributed by atoms with Crippen molar-refractivity contribution in [1.29, 1.82) is 0 Å². The number of nitrogens with one attached hydrogen (secondary N) is 1. The van der Waals surface area contributed by atoms with Gasteiger partial charge in [-0.1, -0.05) is 44.7 Å². The molecule has 1 heterocycles. The summed E-state index contributed by atoms with van der Waals surface area (Å²) in [5, 5.41) is 7.18. The van der Waals surface area contributed by atoms with Crippen molar-refractivity contribution in [3.05, 3.63) is 11.3 Å². The second kappa shape index (κ2) is 8.73. The van der Waals surface area contributed by atoms with E-state index < -0.39 is 0 Å². The van der Waals surface area contributed by atoms with Crippen molar-refractivity contribution in [1.82, 2.24) is 5.32 Å². The summed E-state index contributed by atoms with van der Waals surface area (Å²) in [7, 11) is 0. The second-order valence-electron chi connectivity index (χ2n) is 5.00. The molecule has 4 nitrogen and oxygen atoms in total. The van der Waals surface area contributed by atoms with Crippen molar-refractivity contribution in [2.45, 2.75) is 65.7 Å². The summed E-state index contributed by atoms with van der Waals surface area (Å²) in [5.41, 5.74) is 2.35. The molecule has 0 saturated carbocycles. The summed E-state index contributed by atoms with van der Waals surface area (Å²) in [5.74, 6) is -0.313. The number of hydrogen-bond donors (Lipinski definition) is 1. The molecule has 0 amide bonds. The van der Waals surface area contributed by atoms with Gasteiger partial charge in [-0.3, -0.25) is 0 Å². The summed E-state index contributed by atoms with van der Waals surface area (Å²) < 4.78 is 0. The van der Waals surface area contributed by atoms with E-state index in [4.69, 9.17) is 4.84 Å². The van der Waals surface area contributed by atoms with Crippen LogP contribution in [0.15, 0.2) is 16.4 Å². The Morgan fingerprint density at radius 1 is 1.16 bits per heavy atom. The highest BCUT2D eigenvalue weighted by Gasteiger charge is 2.25. The Morgan fingerprint density at radius 2 is 1.84 bits per heavy atom. The van der Waals surface area contributed by atoms with Crippen LogP contribution < -0.4 is 5.32 Å². The van der Waals surface area contributed by atoms with Crippen LogP contribution in [0.25, 0.3) is 0 Å². The van der Waals surface area contributed by atoms with E-state index in [1.165, 1.54) is 25.7 Å². The molecular weight excluding hydrogens is 240 g/mol. The Labute approximate surface area is 116 Å². The molecule has 0 aliphatic carbocycles. The molecular formula is C15H26N2O2. The molecule has 0 spiro atoms. The van der Waals surface area contributed by atoms with Gasteiger partial charge in [-0.2, -0.15) is 0 Å². The number of allylic oxidation sites excluding steroid dienone is 1. The molecule has 4 heteroatoms. The monoisotopic (exact) mass is 266 g/mol. The SMILES string of the molecule is CCCCCNC(CCCCC)=C1C(=O)ON=C1C. The normalized spacial score (nSPS) is 17.2. The van der Waals surface area contributed by atoms with Crippen molar-refractivity contribution >= 4 is 11.7 Å². The van der Waals surface area contributed by atoms with Crippen molar-refractivity contribution in [3.8, 4) is 0 Å². The standard InChI is InChI=1S/C15H26N2O2/c1-4-6-8-10-13(16-11-9-7-5-2)14-12(3)17-19-15(14)18/h16H,4-11H2,1-3H3. The van der Waals surface area contributed by atoms with E-state index in [1.54, 1.807) is 0 Å². The molecule has 0 aromatic carbocycles. The third kappa shape index (κ3) is 5.05. The fourth-order valence-electron chi connectivity index (χ4n) is 2.16. The number of carbonyl (C=O) groups excluding carboxylic acids is 1. The summed E-state index contributed by atoms with van der Waals surface area (Å²) in [6, 6.07) is 0. The molecule has 1 aliphatic heterocycles. The van der Waals surface area contributed by atoms with Crippen LogP contribution >= 0.6 is 0 Å². The maximum absolute atomic E-state index is 11.7. The summed E-state index contributed by atoms with van der Waals surface area (Å²) in [6.45, 7) is 7.11. The number of oxime groups is 1. The fraction of sp³-hybridized carbons (Fsp3) is 0.733. The lowest BCUT2D eigenvalue weighted by Crippen LogP contribution is -2.21. The van der Waals surface area contributed by atoms with Crippen molar-refractivity contribution in [2.24, 2.45) is 5.16 Å². The molecule has 0 aromatic heterocycles. The first kappa shape index (κ1) is 15.7. The van der Waals surface area contributed by atoms with Gasteiger partial charge >= 0.3 is 5.97 Å². The van der Waals surface area contributed by atoms with Gasteiger partial charge in [0.1, 0.15) is 5.57 Å². The van der Waals surface area contributed by atoms with Gasteiger partial charge in [-0.05, 0) is 26.2 Å². The van der Waals surface area contributed by atoms with Crippen LogP contribution in [0.5, 0.6) is 0 Å². The van der Waals surface area contributed by atoms with E-state index in [-0.39, 0.29) is 5.97 Å². The third-order valence-electron chi connectivity index (χ3n) is 3.28. The predicted octanol–water partition coefficient (Wildman–Crippen LogP) is 3.53. The number of rotatable bonds is 9. The van der Waals surface area contributed by atoms with Crippen LogP contribution in [0.4, 0.5) is 0 Å². The summed E-state index contributed by atoms with van der Waals surface area (Å²) in [4.78, 5) is 16.5. The summed E-state index contributed by atoms with van der Waals surface area (Å²) in [6.07, 6.45) is 7.89. The van der Waals surface area contributed by atoms with Gasteiger partial charge in [0.05, 0.1) is 5.71 Å². The first-order chi connectivity index (χ1) is 9.20. The molecule has 1 N–H and O–H groups in total. The molecule has 108 valence electrons. The van der Waals surface area contributed by atoms with Crippen molar-refractivity contribution in [3.63, 3.8) is 0 Å². The Balaban J connectivity index is 2.65. The number of hydrogen-bond acceptors (Lipinski definition) is 4. The molecule has 1 rings (SSSR count). The van der Waals surface area contributed by atoms with Gasteiger partial charge in [0.2, 0.25) is 0 Å². The van der Waals surface area contributed by atoms with Crippen LogP contribution in [-0.4, -0.2) is 18.2 Å². The molecule has 0 bridgehead atoms. The maximum atomic E-state index is 11.7. The van der Waals surface area contributed by atoms with Gasteiger partial charge in [0.25, 0.3) is 0 Å². The Bertz CT molecular complexity index is 359. The van der Waals surface area contributed by atoms with Gasteiger partial charge in [0.15, 0.2) is 0 Å². The molecule has 0 atom stereocenters. The molecule has 0 fully saturated rings. The number of carbonyl (C=O) groups is 1. The molecule has 0 saturated heterocycles. The van der Waals surface area contributed by atoms with Crippen LogP contribution in [0.1, 0.15) is 65.7 Å². The maximum Gasteiger partial charge on any atom is 0.369 e. The molecule has 0 aromatic rings. The summed E-state index contributed by atoms with van der Waals surface area (Å²) >= 11 is 0. The smallest absolute Gasteiger partial charge is 0.369 e. The highest BCUT2D eigenvalue weighted by atomic mass is 16.7. The largest absolute Gasteiger partial charge is 0.388 e. The first-order valence-corrected chi connectivity index (χ1v) is 7.44. The van der Waals surface area contributed by atoms with Gasteiger partial charge < -0.3 is 10.2 Å². The minimum absolute atomic E-state index is 0.313. The molecule has 19 heavy (non-hydrogen) atoms. The van der Waals surface area contributed by atoms with Crippen LogP contribution in [0, 0.1) is 0 Å². The van der Waals surface area contributed by atoms with E-state index in [0.717, 1.165) is 31.5 Å². The quantitative estimate of drug-likeness (QED) is 0.394. The van der Waals surface area contributed by atoms with Crippen LogP contribution in [0.3, 0.4) is 0 Å². The zero-order valence-corrected chi connectivity index (χ0v) is 12.4. The number of unbranched alkanes of at least 4 members (excludes halogenated alkanes) is 4. The van der Waals surface area contributed by atoms with E-state index in [1.807, 2.05) is 6.92 Å². The Hall–Kier alpha value is -1.32.